The predicted octanol–water partition coefficient (Wildman–Crippen LogP) is 3.65. The number of hydrogen-bond acceptors (Lipinski definition) is 6. The molecular formula is C21H25N7. The zero-order chi connectivity index (χ0) is 19.9. The van der Waals surface area contributed by atoms with E-state index in [1.165, 1.54) is 5.56 Å². The molecule has 1 N–H and O–H groups in total. The van der Waals surface area contributed by atoms with Crippen molar-refractivity contribution in [2.45, 2.75) is 32.7 Å². The van der Waals surface area contributed by atoms with E-state index in [0.29, 0.717) is 6.54 Å². The summed E-state index contributed by atoms with van der Waals surface area (Å²) in [5.41, 5.74) is 2.78. The van der Waals surface area contributed by atoms with Crippen LogP contribution in [0, 0.1) is 0 Å². The largest absolute Gasteiger partial charge is 0.365 e. The maximum atomic E-state index is 4.72. The zero-order valence-electron chi connectivity index (χ0n) is 16.9. The number of rotatable bonds is 4. The summed E-state index contributed by atoms with van der Waals surface area (Å²) < 4.78 is 1.82. The molecule has 0 aliphatic heterocycles. The molecule has 0 fully saturated rings. The molecule has 3 aromatic heterocycles. The van der Waals surface area contributed by atoms with E-state index >= 15 is 0 Å². The molecule has 4 rings (SSSR count). The van der Waals surface area contributed by atoms with E-state index in [-0.39, 0.29) is 5.41 Å². The molecule has 1 aromatic carbocycles. The van der Waals surface area contributed by atoms with Gasteiger partial charge in [0.05, 0.1) is 5.52 Å². The Labute approximate surface area is 164 Å². The third-order valence-corrected chi connectivity index (χ3v) is 4.64. The highest BCUT2D eigenvalue weighted by molar-refractivity contribution is 5.84. The Bertz CT molecular complexity index is 1140. The number of nitrogens with zero attached hydrogens (tertiary/aromatic N) is 6. The number of para-hydroxylation sites is 1. The standard InChI is InChI=1S/C21H25N7/c1-21(2,3)20-25-24-18-11-10-17(26-28(18)20)22-13-14-12-19(27(4)5)23-16-9-7-6-8-15(14)16/h6-12H,13H2,1-5H3,(H,22,26). The summed E-state index contributed by atoms with van der Waals surface area (Å²) in [6, 6.07) is 14.2. The van der Waals surface area contributed by atoms with Crippen LogP contribution in [-0.2, 0) is 12.0 Å². The number of anilines is 2. The number of fused-ring (bicyclic) bond motifs is 2. The van der Waals surface area contributed by atoms with Gasteiger partial charge in [0, 0.05) is 31.4 Å². The van der Waals surface area contributed by atoms with Crippen LogP contribution >= 0.6 is 0 Å². The predicted molar refractivity (Wildman–Crippen MR) is 113 cm³/mol. The zero-order valence-corrected chi connectivity index (χ0v) is 16.9. The molecule has 0 unspecified atom stereocenters. The highest BCUT2D eigenvalue weighted by Gasteiger charge is 2.21. The highest BCUT2D eigenvalue weighted by atomic mass is 15.4. The van der Waals surface area contributed by atoms with Crippen molar-refractivity contribution in [2.75, 3.05) is 24.3 Å². The van der Waals surface area contributed by atoms with Crippen molar-refractivity contribution >= 4 is 28.2 Å². The van der Waals surface area contributed by atoms with Gasteiger partial charge in [0.2, 0.25) is 0 Å². The van der Waals surface area contributed by atoms with Crippen LogP contribution in [-0.4, -0.2) is 38.9 Å². The van der Waals surface area contributed by atoms with Crippen molar-refractivity contribution in [3.8, 4) is 0 Å². The average molecular weight is 375 g/mol. The lowest BCUT2D eigenvalue weighted by molar-refractivity contribution is 0.527. The molecule has 0 saturated carbocycles. The summed E-state index contributed by atoms with van der Waals surface area (Å²) in [4.78, 5) is 6.75. The Balaban J connectivity index is 1.68. The maximum Gasteiger partial charge on any atom is 0.178 e. The molecule has 0 radical (unpaired) electrons. The van der Waals surface area contributed by atoms with Crippen molar-refractivity contribution < 1.29 is 0 Å². The number of nitrogens with one attached hydrogen (secondary N) is 1. The van der Waals surface area contributed by atoms with Gasteiger partial charge in [0.15, 0.2) is 11.5 Å². The monoisotopic (exact) mass is 375 g/mol. The summed E-state index contributed by atoms with van der Waals surface area (Å²) in [7, 11) is 4.01. The molecule has 144 valence electrons. The molecule has 0 aliphatic carbocycles. The Morgan fingerprint density at radius 2 is 1.82 bits per heavy atom. The van der Waals surface area contributed by atoms with Crippen LogP contribution in [0.4, 0.5) is 11.6 Å². The Morgan fingerprint density at radius 1 is 1.04 bits per heavy atom. The number of pyridine rings is 1. The maximum absolute atomic E-state index is 4.72. The minimum Gasteiger partial charge on any atom is -0.365 e. The summed E-state index contributed by atoms with van der Waals surface area (Å²) in [6.07, 6.45) is 0. The van der Waals surface area contributed by atoms with E-state index in [2.05, 4.69) is 48.4 Å². The van der Waals surface area contributed by atoms with Gasteiger partial charge >= 0.3 is 0 Å². The van der Waals surface area contributed by atoms with E-state index in [0.717, 1.165) is 34.0 Å². The van der Waals surface area contributed by atoms with Crippen LogP contribution in [0.5, 0.6) is 0 Å². The molecule has 0 spiro atoms. The molecular weight excluding hydrogens is 350 g/mol. The summed E-state index contributed by atoms with van der Waals surface area (Å²) in [5, 5.41) is 17.8. The first-order valence-corrected chi connectivity index (χ1v) is 9.36. The van der Waals surface area contributed by atoms with Gasteiger partial charge in [-0.3, -0.25) is 0 Å². The highest BCUT2D eigenvalue weighted by Crippen LogP contribution is 2.24. The fraction of sp³-hybridized carbons (Fsp3) is 0.333. The lowest BCUT2D eigenvalue weighted by Gasteiger charge is -2.16. The van der Waals surface area contributed by atoms with E-state index < -0.39 is 0 Å². The smallest absolute Gasteiger partial charge is 0.178 e. The lowest BCUT2D eigenvalue weighted by Crippen LogP contribution is -2.17. The molecule has 0 atom stereocenters. The first-order chi connectivity index (χ1) is 13.3. The van der Waals surface area contributed by atoms with Crippen LogP contribution < -0.4 is 10.2 Å². The fourth-order valence-corrected chi connectivity index (χ4v) is 3.14. The second-order valence-electron chi connectivity index (χ2n) is 8.17. The van der Waals surface area contributed by atoms with E-state index in [4.69, 9.17) is 10.1 Å². The third kappa shape index (κ3) is 3.35. The first kappa shape index (κ1) is 18.2. The molecule has 0 aliphatic rings. The lowest BCUT2D eigenvalue weighted by atomic mass is 9.96. The SMILES string of the molecule is CN(C)c1cc(CNc2ccc3nnc(C(C)(C)C)n3n2)c2ccccc2n1. The van der Waals surface area contributed by atoms with Gasteiger partial charge in [0.1, 0.15) is 11.6 Å². The van der Waals surface area contributed by atoms with Crippen LogP contribution in [0.2, 0.25) is 0 Å². The molecule has 28 heavy (non-hydrogen) atoms. The molecule has 7 nitrogen and oxygen atoms in total. The van der Waals surface area contributed by atoms with Crippen molar-refractivity contribution in [1.82, 2.24) is 24.8 Å². The van der Waals surface area contributed by atoms with Gasteiger partial charge in [-0.1, -0.05) is 39.0 Å². The number of aromatic nitrogens is 5. The van der Waals surface area contributed by atoms with Gasteiger partial charge in [0.25, 0.3) is 0 Å². The van der Waals surface area contributed by atoms with Crippen LogP contribution in [0.3, 0.4) is 0 Å². The normalized spacial score (nSPS) is 11.9. The van der Waals surface area contributed by atoms with E-state index in [1.54, 1.807) is 0 Å². The van der Waals surface area contributed by atoms with Gasteiger partial charge in [-0.25, -0.2) is 4.98 Å². The molecule has 4 aromatic rings. The Morgan fingerprint density at radius 3 is 2.57 bits per heavy atom. The quantitative estimate of drug-likeness (QED) is 0.587. The van der Waals surface area contributed by atoms with Crippen molar-refractivity contribution in [2.24, 2.45) is 0 Å². The molecule has 0 saturated heterocycles. The van der Waals surface area contributed by atoms with Crippen LogP contribution in [0.25, 0.3) is 16.6 Å². The molecule has 3 heterocycles. The third-order valence-electron chi connectivity index (χ3n) is 4.64. The van der Waals surface area contributed by atoms with Gasteiger partial charge in [-0.2, -0.15) is 4.52 Å². The fourth-order valence-electron chi connectivity index (χ4n) is 3.14. The van der Waals surface area contributed by atoms with Gasteiger partial charge in [-0.15, -0.1) is 15.3 Å². The van der Waals surface area contributed by atoms with Crippen molar-refractivity contribution in [3.05, 3.63) is 53.9 Å². The van der Waals surface area contributed by atoms with Crippen LogP contribution in [0.15, 0.2) is 42.5 Å². The Kier molecular flexibility index (Phi) is 4.37. The minimum absolute atomic E-state index is 0.132. The molecule has 0 bridgehead atoms. The van der Waals surface area contributed by atoms with Gasteiger partial charge < -0.3 is 10.2 Å². The van der Waals surface area contributed by atoms with E-state index in [1.807, 2.05) is 53.8 Å². The van der Waals surface area contributed by atoms with Crippen molar-refractivity contribution in [3.63, 3.8) is 0 Å². The minimum atomic E-state index is -0.132. The first-order valence-electron chi connectivity index (χ1n) is 9.36. The summed E-state index contributed by atoms with van der Waals surface area (Å²) in [5.74, 6) is 2.56. The summed E-state index contributed by atoms with van der Waals surface area (Å²) in [6.45, 7) is 6.97. The molecule has 7 heteroatoms. The topological polar surface area (TPSA) is 71.2 Å². The Hall–Kier alpha value is -3.22. The van der Waals surface area contributed by atoms with Crippen molar-refractivity contribution in [1.29, 1.82) is 0 Å². The molecule has 0 amide bonds. The van der Waals surface area contributed by atoms with Crippen LogP contribution in [0.1, 0.15) is 32.2 Å². The van der Waals surface area contributed by atoms with E-state index in [9.17, 15) is 0 Å². The number of hydrogen-bond donors (Lipinski definition) is 1. The average Bonchev–Trinajstić information content (AvgIpc) is 3.09. The second-order valence-corrected chi connectivity index (χ2v) is 8.17. The number of benzene rings is 1. The van der Waals surface area contributed by atoms with Gasteiger partial charge in [-0.05, 0) is 29.8 Å². The summed E-state index contributed by atoms with van der Waals surface area (Å²) >= 11 is 0. The second kappa shape index (κ2) is 6.74.